The molecule has 0 aromatic rings. The lowest BCUT2D eigenvalue weighted by molar-refractivity contribution is 0.356. The van der Waals surface area contributed by atoms with Crippen LogP contribution in [0.5, 0.6) is 0 Å². The Hall–Kier alpha value is -0.0500. The Morgan fingerprint density at radius 3 is 1.60 bits per heavy atom. The van der Waals surface area contributed by atoms with Crippen LogP contribution in [-0.2, 0) is 9.84 Å². The van der Waals surface area contributed by atoms with Gasteiger partial charge in [-0.1, -0.05) is 54.9 Å². The fraction of sp³-hybridized carbons (Fsp3) is 1.00. The minimum Gasteiger partial charge on any atom is -0.228 e. The van der Waals surface area contributed by atoms with Crippen molar-refractivity contribution in [1.82, 2.24) is 0 Å². The third-order valence-corrected chi connectivity index (χ3v) is 8.33. The fourth-order valence-electron chi connectivity index (χ4n) is 2.45. The Labute approximate surface area is 127 Å². The molecule has 0 saturated heterocycles. The van der Waals surface area contributed by atoms with Gasteiger partial charge < -0.3 is 0 Å². The number of rotatable bonds is 9. The van der Waals surface area contributed by atoms with E-state index in [-0.39, 0.29) is 22.3 Å². The van der Waals surface area contributed by atoms with E-state index in [9.17, 15) is 8.42 Å². The molecule has 20 heavy (non-hydrogen) atoms. The minimum atomic E-state index is -3.03. The molecule has 0 radical (unpaired) electrons. The molecular weight excluding hydrogens is 268 g/mol. The summed E-state index contributed by atoms with van der Waals surface area (Å²) in [7, 11) is -3.03. The summed E-state index contributed by atoms with van der Waals surface area (Å²) in [6, 6.07) is 0. The molecular formula is C17H36O2S. The molecule has 0 aliphatic rings. The summed E-state index contributed by atoms with van der Waals surface area (Å²) in [5.41, 5.74) is 0. The van der Waals surface area contributed by atoms with E-state index in [2.05, 4.69) is 34.6 Å². The van der Waals surface area contributed by atoms with Gasteiger partial charge in [0.15, 0.2) is 9.84 Å². The van der Waals surface area contributed by atoms with Crippen LogP contribution in [0.4, 0.5) is 0 Å². The first-order valence-corrected chi connectivity index (χ1v) is 9.89. The first kappa shape index (κ1) is 19.9. The van der Waals surface area contributed by atoms with Gasteiger partial charge in [-0.05, 0) is 43.4 Å². The molecule has 122 valence electrons. The minimum absolute atomic E-state index is 0.175. The lowest BCUT2D eigenvalue weighted by Crippen LogP contribution is -2.37. The topological polar surface area (TPSA) is 34.1 Å². The second-order valence-electron chi connectivity index (χ2n) is 7.26. The van der Waals surface area contributed by atoms with Crippen LogP contribution in [-0.4, -0.2) is 18.9 Å². The van der Waals surface area contributed by atoms with Gasteiger partial charge in [-0.25, -0.2) is 8.42 Å². The maximum absolute atomic E-state index is 12.9. The number of hydrogen-bond acceptors (Lipinski definition) is 2. The van der Waals surface area contributed by atoms with Crippen molar-refractivity contribution in [3.63, 3.8) is 0 Å². The summed E-state index contributed by atoms with van der Waals surface area (Å²) >= 11 is 0. The predicted molar refractivity (Wildman–Crippen MR) is 89.7 cm³/mol. The standard InChI is InChI=1S/C17H36O2S/c1-9-14(6)17(11-10-15(7)12(2)3)20(18,19)16(8)13(4)5/h12-17H,9-11H2,1-8H3. The molecule has 0 heterocycles. The molecule has 0 saturated carbocycles. The lowest BCUT2D eigenvalue weighted by atomic mass is 9.90. The van der Waals surface area contributed by atoms with Crippen LogP contribution in [0, 0.1) is 23.7 Å². The van der Waals surface area contributed by atoms with E-state index >= 15 is 0 Å². The summed E-state index contributed by atoms with van der Waals surface area (Å²) in [6.07, 6.45) is 2.76. The van der Waals surface area contributed by atoms with Gasteiger partial charge in [0.2, 0.25) is 0 Å². The van der Waals surface area contributed by atoms with Crippen molar-refractivity contribution in [2.24, 2.45) is 23.7 Å². The Morgan fingerprint density at radius 2 is 1.25 bits per heavy atom. The molecule has 0 bridgehead atoms. The van der Waals surface area contributed by atoms with Crippen LogP contribution in [0.2, 0.25) is 0 Å². The highest BCUT2D eigenvalue weighted by molar-refractivity contribution is 7.92. The van der Waals surface area contributed by atoms with E-state index in [0.717, 1.165) is 19.3 Å². The Morgan fingerprint density at radius 1 is 0.750 bits per heavy atom. The van der Waals surface area contributed by atoms with Gasteiger partial charge in [-0.15, -0.1) is 0 Å². The SMILES string of the molecule is CCC(C)C(CCC(C)C(C)C)S(=O)(=O)C(C)C(C)C. The zero-order valence-corrected chi connectivity index (χ0v) is 15.6. The molecule has 0 N–H and O–H groups in total. The van der Waals surface area contributed by atoms with Crippen molar-refractivity contribution in [1.29, 1.82) is 0 Å². The van der Waals surface area contributed by atoms with Crippen molar-refractivity contribution in [2.45, 2.75) is 85.2 Å². The van der Waals surface area contributed by atoms with Crippen LogP contribution in [0.25, 0.3) is 0 Å². The summed E-state index contributed by atoms with van der Waals surface area (Å²) in [6.45, 7) is 16.7. The summed E-state index contributed by atoms with van der Waals surface area (Å²) < 4.78 is 25.7. The Balaban J connectivity index is 5.07. The molecule has 4 unspecified atom stereocenters. The van der Waals surface area contributed by atoms with Crippen LogP contribution >= 0.6 is 0 Å². The number of hydrogen-bond donors (Lipinski definition) is 0. The van der Waals surface area contributed by atoms with Crippen molar-refractivity contribution in [3.8, 4) is 0 Å². The predicted octanol–water partition coefficient (Wildman–Crippen LogP) is 4.93. The zero-order valence-electron chi connectivity index (χ0n) is 14.8. The van der Waals surface area contributed by atoms with E-state index in [1.807, 2.05) is 20.8 Å². The molecule has 0 aromatic heterocycles. The highest BCUT2D eigenvalue weighted by Crippen LogP contribution is 2.29. The first-order chi connectivity index (χ1) is 9.05. The van der Waals surface area contributed by atoms with E-state index in [0.29, 0.717) is 11.8 Å². The fourth-order valence-corrected chi connectivity index (χ4v) is 5.07. The summed E-state index contributed by atoms with van der Waals surface area (Å²) in [4.78, 5) is 0. The highest BCUT2D eigenvalue weighted by Gasteiger charge is 2.35. The van der Waals surface area contributed by atoms with Gasteiger partial charge in [0.25, 0.3) is 0 Å². The van der Waals surface area contributed by atoms with Crippen molar-refractivity contribution in [2.75, 3.05) is 0 Å². The maximum Gasteiger partial charge on any atom is 0.156 e. The van der Waals surface area contributed by atoms with Gasteiger partial charge in [0.1, 0.15) is 0 Å². The second-order valence-corrected chi connectivity index (χ2v) is 9.79. The van der Waals surface area contributed by atoms with Gasteiger partial charge in [-0.3, -0.25) is 0 Å². The van der Waals surface area contributed by atoms with Crippen LogP contribution in [0.1, 0.15) is 74.7 Å². The summed E-state index contributed by atoms with van der Waals surface area (Å²) in [5, 5.41) is -0.415. The Kier molecular flexibility index (Phi) is 8.39. The van der Waals surface area contributed by atoms with Crippen LogP contribution < -0.4 is 0 Å². The third-order valence-electron chi connectivity index (χ3n) is 5.20. The van der Waals surface area contributed by atoms with E-state index < -0.39 is 9.84 Å². The lowest BCUT2D eigenvalue weighted by Gasteiger charge is -2.29. The maximum atomic E-state index is 12.9. The quantitative estimate of drug-likeness (QED) is 0.605. The molecule has 0 rings (SSSR count). The molecule has 0 aromatic carbocycles. The van der Waals surface area contributed by atoms with Gasteiger partial charge in [0.05, 0.1) is 10.5 Å². The molecule has 0 fully saturated rings. The molecule has 0 aliphatic heterocycles. The monoisotopic (exact) mass is 304 g/mol. The van der Waals surface area contributed by atoms with Crippen molar-refractivity contribution < 1.29 is 8.42 Å². The van der Waals surface area contributed by atoms with Gasteiger partial charge in [0, 0.05) is 0 Å². The van der Waals surface area contributed by atoms with E-state index in [4.69, 9.17) is 0 Å². The molecule has 0 spiro atoms. The van der Waals surface area contributed by atoms with Crippen molar-refractivity contribution >= 4 is 9.84 Å². The largest absolute Gasteiger partial charge is 0.228 e. The zero-order chi connectivity index (χ0) is 16.1. The number of sulfone groups is 1. The molecule has 0 aliphatic carbocycles. The average Bonchev–Trinajstić information content (AvgIpc) is 2.36. The average molecular weight is 305 g/mol. The Bertz CT molecular complexity index is 357. The van der Waals surface area contributed by atoms with Gasteiger partial charge in [-0.2, -0.15) is 0 Å². The third kappa shape index (κ3) is 5.38. The molecule has 2 nitrogen and oxygen atoms in total. The molecule has 0 amide bonds. The second kappa shape index (κ2) is 8.41. The van der Waals surface area contributed by atoms with E-state index in [1.165, 1.54) is 0 Å². The normalized spacial score (nSPS) is 19.1. The van der Waals surface area contributed by atoms with Crippen molar-refractivity contribution in [3.05, 3.63) is 0 Å². The van der Waals surface area contributed by atoms with Crippen LogP contribution in [0.3, 0.4) is 0 Å². The molecule has 3 heteroatoms. The molecule has 4 atom stereocenters. The smallest absolute Gasteiger partial charge is 0.156 e. The first-order valence-electron chi connectivity index (χ1n) is 8.28. The van der Waals surface area contributed by atoms with Crippen LogP contribution in [0.15, 0.2) is 0 Å². The highest BCUT2D eigenvalue weighted by atomic mass is 32.2. The van der Waals surface area contributed by atoms with Gasteiger partial charge >= 0.3 is 0 Å². The summed E-state index contributed by atoms with van der Waals surface area (Å²) in [5.74, 6) is 1.65. The van der Waals surface area contributed by atoms with E-state index in [1.54, 1.807) is 0 Å².